The molecule has 1 aliphatic rings. The van der Waals surface area contributed by atoms with E-state index in [1.54, 1.807) is 24.3 Å². The Balaban J connectivity index is 1.55. The summed E-state index contributed by atoms with van der Waals surface area (Å²) in [5.41, 5.74) is 0.348. The van der Waals surface area contributed by atoms with Gasteiger partial charge in [-0.05, 0) is 49.1 Å². The summed E-state index contributed by atoms with van der Waals surface area (Å²) >= 11 is 6.19. The third-order valence-corrected chi connectivity index (χ3v) is 4.68. The van der Waals surface area contributed by atoms with Crippen LogP contribution in [0, 0.1) is 5.92 Å². The number of benzene rings is 2. The Morgan fingerprint density at radius 2 is 1.86 bits per heavy atom. The third-order valence-electron chi connectivity index (χ3n) is 4.38. The van der Waals surface area contributed by atoms with Crippen LogP contribution in [0.5, 0.6) is 5.75 Å². The molecule has 2 aromatic carbocycles. The van der Waals surface area contributed by atoms with Crippen LogP contribution in [0.15, 0.2) is 42.5 Å². The minimum Gasteiger partial charge on any atom is -0.489 e. The number of nitrogens with one attached hydrogen (secondary N) is 1. The van der Waals surface area contributed by atoms with Gasteiger partial charge in [-0.3, -0.25) is 4.79 Å². The van der Waals surface area contributed by atoms with Crippen molar-refractivity contribution in [2.75, 3.05) is 25.1 Å². The number of ether oxygens (including phenoxy) is 2. The molecule has 1 amide bonds. The zero-order valence-electron chi connectivity index (χ0n) is 15.6. The van der Waals surface area contributed by atoms with Gasteiger partial charge in [-0.25, -0.2) is 4.79 Å². The maximum Gasteiger partial charge on any atom is 0.336 e. The topological polar surface area (TPSA) is 105 Å². The lowest BCUT2D eigenvalue weighted by molar-refractivity contribution is 0.00874. The van der Waals surface area contributed by atoms with Gasteiger partial charge in [-0.2, -0.15) is 0 Å². The number of aromatic carboxylic acids is 1. The summed E-state index contributed by atoms with van der Waals surface area (Å²) in [6.07, 6.45) is 1.61. The molecule has 0 radical (unpaired) electrons. The average molecular weight is 420 g/mol. The normalized spacial score (nSPS) is 14.3. The number of aliphatic hydroxyl groups is 1. The van der Waals surface area contributed by atoms with Gasteiger partial charge in [0.2, 0.25) is 0 Å². The highest BCUT2D eigenvalue weighted by atomic mass is 35.5. The Bertz CT molecular complexity index is 883. The van der Waals surface area contributed by atoms with Crippen molar-refractivity contribution in [2.45, 2.75) is 18.9 Å². The van der Waals surface area contributed by atoms with Crippen LogP contribution in [0.2, 0.25) is 5.02 Å². The zero-order chi connectivity index (χ0) is 20.8. The molecule has 0 spiro atoms. The molecule has 1 aliphatic carbocycles. The summed E-state index contributed by atoms with van der Waals surface area (Å²) in [6, 6.07) is 10.6. The smallest absolute Gasteiger partial charge is 0.336 e. The second-order valence-corrected chi connectivity index (χ2v) is 7.30. The first-order chi connectivity index (χ1) is 13.9. The van der Waals surface area contributed by atoms with E-state index in [4.69, 9.17) is 21.1 Å². The average Bonchev–Trinajstić information content (AvgIpc) is 3.51. The van der Waals surface area contributed by atoms with Crippen LogP contribution in [0.3, 0.4) is 0 Å². The second kappa shape index (κ2) is 9.73. The number of carbonyl (C=O) groups is 2. The van der Waals surface area contributed by atoms with Crippen molar-refractivity contribution in [1.29, 1.82) is 0 Å². The molecule has 3 rings (SSSR count). The second-order valence-electron chi connectivity index (χ2n) is 6.90. The maximum atomic E-state index is 12.4. The van der Waals surface area contributed by atoms with Crippen LogP contribution < -0.4 is 10.1 Å². The van der Waals surface area contributed by atoms with Crippen molar-refractivity contribution in [2.24, 2.45) is 5.92 Å². The summed E-state index contributed by atoms with van der Waals surface area (Å²) in [5.74, 6) is -0.757. The fraction of sp³-hybridized carbons (Fsp3) is 0.333. The predicted octanol–water partition coefficient (Wildman–Crippen LogP) is 3.46. The molecule has 29 heavy (non-hydrogen) atoms. The van der Waals surface area contributed by atoms with Crippen LogP contribution in [0.4, 0.5) is 5.69 Å². The van der Waals surface area contributed by atoms with Crippen LogP contribution in [0.25, 0.3) is 0 Å². The summed E-state index contributed by atoms with van der Waals surface area (Å²) in [5, 5.41) is 22.0. The third kappa shape index (κ3) is 6.19. The summed E-state index contributed by atoms with van der Waals surface area (Å²) < 4.78 is 10.9. The number of carbonyl (C=O) groups excluding carboxylic acids is 1. The molecule has 1 fully saturated rings. The molecule has 8 heteroatoms. The van der Waals surface area contributed by atoms with Crippen molar-refractivity contribution < 1.29 is 29.3 Å². The number of rotatable bonds is 10. The van der Waals surface area contributed by atoms with Crippen molar-refractivity contribution in [3.05, 3.63) is 58.6 Å². The molecule has 0 heterocycles. The highest BCUT2D eigenvalue weighted by Crippen LogP contribution is 2.29. The molecule has 3 N–H and O–H groups in total. The predicted molar refractivity (Wildman–Crippen MR) is 108 cm³/mol. The van der Waals surface area contributed by atoms with E-state index >= 15 is 0 Å². The van der Waals surface area contributed by atoms with Crippen molar-refractivity contribution >= 4 is 29.2 Å². The van der Waals surface area contributed by atoms with E-state index in [0.29, 0.717) is 24.0 Å². The largest absolute Gasteiger partial charge is 0.489 e. The summed E-state index contributed by atoms with van der Waals surface area (Å²) in [4.78, 5) is 23.7. The molecule has 7 nitrogen and oxygen atoms in total. The van der Waals surface area contributed by atoms with Gasteiger partial charge in [-0.15, -0.1) is 0 Å². The van der Waals surface area contributed by atoms with Crippen molar-refractivity contribution in [1.82, 2.24) is 0 Å². The Morgan fingerprint density at radius 1 is 1.14 bits per heavy atom. The van der Waals surface area contributed by atoms with E-state index in [1.165, 1.54) is 31.0 Å². The maximum absolute atomic E-state index is 12.4. The Hall–Kier alpha value is -2.61. The lowest BCUT2D eigenvalue weighted by Gasteiger charge is -2.14. The molecule has 0 saturated heterocycles. The number of anilines is 1. The molecule has 154 valence electrons. The lowest BCUT2D eigenvalue weighted by Crippen LogP contribution is -2.24. The number of carboxylic acids is 1. The van der Waals surface area contributed by atoms with Crippen molar-refractivity contribution in [3.8, 4) is 5.75 Å². The molecule has 1 saturated carbocycles. The molecule has 0 aliphatic heterocycles. The number of hydrogen-bond acceptors (Lipinski definition) is 5. The zero-order valence-corrected chi connectivity index (χ0v) is 16.4. The molecule has 1 atom stereocenters. The van der Waals surface area contributed by atoms with Gasteiger partial charge in [-0.1, -0.05) is 23.7 Å². The van der Waals surface area contributed by atoms with Crippen LogP contribution in [-0.2, 0) is 4.74 Å². The summed E-state index contributed by atoms with van der Waals surface area (Å²) in [7, 11) is 0. The van der Waals surface area contributed by atoms with Crippen LogP contribution >= 0.6 is 11.6 Å². The number of carboxylic acid groups (broad SMARTS) is 1. The van der Waals surface area contributed by atoms with Crippen LogP contribution in [0.1, 0.15) is 33.6 Å². The fourth-order valence-corrected chi connectivity index (χ4v) is 2.89. The minimum atomic E-state index is -1.18. The van der Waals surface area contributed by atoms with E-state index in [-0.39, 0.29) is 29.4 Å². The van der Waals surface area contributed by atoms with Gasteiger partial charge in [0.05, 0.1) is 22.8 Å². The highest BCUT2D eigenvalue weighted by molar-refractivity contribution is 6.32. The Kier molecular flexibility index (Phi) is 7.09. The first kappa shape index (κ1) is 21.1. The standard InChI is InChI=1S/C21H22ClNO6/c22-18-9-14(23-20(25)16-3-1-2-4-17(16)21(26)27)7-8-19(18)29-12-15(24)11-28-10-13-5-6-13/h1-4,7-9,13,15,24H,5-6,10-12H2,(H,23,25)(H,26,27). The van der Waals surface area contributed by atoms with Gasteiger partial charge in [0.15, 0.2) is 0 Å². The molecule has 0 aromatic heterocycles. The number of aliphatic hydroxyl groups excluding tert-OH is 1. The highest BCUT2D eigenvalue weighted by Gasteiger charge is 2.21. The van der Waals surface area contributed by atoms with E-state index in [1.807, 2.05) is 0 Å². The molecule has 2 aromatic rings. The number of amides is 1. The van der Waals surface area contributed by atoms with E-state index in [2.05, 4.69) is 5.32 Å². The van der Waals surface area contributed by atoms with Gasteiger partial charge in [0.1, 0.15) is 18.5 Å². The molecule has 0 bridgehead atoms. The van der Waals surface area contributed by atoms with Gasteiger partial charge in [0.25, 0.3) is 5.91 Å². The first-order valence-electron chi connectivity index (χ1n) is 9.26. The Morgan fingerprint density at radius 3 is 2.52 bits per heavy atom. The molecule has 1 unspecified atom stereocenters. The summed E-state index contributed by atoms with van der Waals surface area (Å²) in [6.45, 7) is 0.893. The quantitative estimate of drug-likeness (QED) is 0.544. The van der Waals surface area contributed by atoms with Crippen molar-refractivity contribution in [3.63, 3.8) is 0 Å². The number of halogens is 1. The lowest BCUT2D eigenvalue weighted by atomic mass is 10.1. The molecular weight excluding hydrogens is 398 g/mol. The number of hydrogen-bond donors (Lipinski definition) is 3. The van der Waals surface area contributed by atoms with Gasteiger partial charge >= 0.3 is 5.97 Å². The van der Waals surface area contributed by atoms with E-state index < -0.39 is 18.0 Å². The Labute approximate surface area is 173 Å². The van der Waals surface area contributed by atoms with Gasteiger partial charge < -0.3 is 25.0 Å². The SMILES string of the molecule is O=C(O)c1ccccc1C(=O)Nc1ccc(OCC(O)COCC2CC2)c(Cl)c1. The van der Waals surface area contributed by atoms with Crippen LogP contribution in [-0.4, -0.2) is 48.0 Å². The molecular formula is C21H22ClNO6. The minimum absolute atomic E-state index is 0.0298. The first-order valence-corrected chi connectivity index (χ1v) is 9.63. The van der Waals surface area contributed by atoms with E-state index in [0.717, 1.165) is 0 Å². The fourth-order valence-electron chi connectivity index (χ4n) is 2.65. The monoisotopic (exact) mass is 419 g/mol. The van der Waals surface area contributed by atoms with Gasteiger partial charge in [0, 0.05) is 12.3 Å². The van der Waals surface area contributed by atoms with E-state index in [9.17, 15) is 19.8 Å².